The Kier molecular flexibility index (Phi) is 8.35. The van der Waals surface area contributed by atoms with Gasteiger partial charge in [-0.1, -0.05) is 57.4 Å². The van der Waals surface area contributed by atoms with Gasteiger partial charge >= 0.3 is 0 Å². The maximum Gasteiger partial charge on any atom is 0.250 e. The van der Waals surface area contributed by atoms with E-state index in [-0.39, 0.29) is 10.5 Å². The third kappa shape index (κ3) is 8.50. The number of benzene rings is 1. The highest BCUT2D eigenvalue weighted by atomic mass is 28.4. The molecule has 154 valence electrons. The molecule has 0 fully saturated rings. The van der Waals surface area contributed by atoms with Crippen molar-refractivity contribution in [3.8, 4) is 17.6 Å². The molecule has 1 aromatic rings. The van der Waals surface area contributed by atoms with Crippen LogP contribution in [0.3, 0.4) is 0 Å². The van der Waals surface area contributed by atoms with Crippen molar-refractivity contribution in [2.24, 2.45) is 5.41 Å². The van der Waals surface area contributed by atoms with E-state index in [1.165, 1.54) is 0 Å². The van der Waals surface area contributed by atoms with Crippen LogP contribution in [0, 0.1) is 17.3 Å². The molecular formula is C25H39NOSi. The summed E-state index contributed by atoms with van der Waals surface area (Å²) in [5, 5.41) is 0.197. The van der Waals surface area contributed by atoms with Crippen LogP contribution in [-0.2, 0) is 0 Å². The van der Waals surface area contributed by atoms with Gasteiger partial charge in [0.25, 0.3) is 0 Å². The normalized spacial score (nSPS) is 12.8. The predicted molar refractivity (Wildman–Crippen MR) is 127 cm³/mol. The first-order valence-electron chi connectivity index (χ1n) is 10.0. The molecule has 0 heterocycles. The Bertz CT molecular complexity index is 734. The first-order chi connectivity index (χ1) is 12.7. The van der Waals surface area contributed by atoms with Crippen LogP contribution in [0.1, 0.15) is 47.1 Å². The van der Waals surface area contributed by atoms with E-state index in [1.807, 2.05) is 6.08 Å². The molecule has 0 unspecified atom stereocenters. The predicted octanol–water partition coefficient (Wildman–Crippen LogP) is 6.62. The smallest absolute Gasteiger partial charge is 0.250 e. The highest BCUT2D eigenvalue weighted by Gasteiger charge is 2.38. The van der Waals surface area contributed by atoms with Crippen LogP contribution in [0.25, 0.3) is 5.57 Å². The number of hydrogen-bond acceptors (Lipinski definition) is 2. The second-order valence-electron chi connectivity index (χ2n) is 10.1. The molecule has 0 N–H and O–H groups in total. The Hall–Kier alpha value is -1.76. The maximum atomic E-state index is 6.36. The van der Waals surface area contributed by atoms with E-state index < -0.39 is 8.32 Å². The Morgan fingerprint density at radius 3 is 2.18 bits per heavy atom. The van der Waals surface area contributed by atoms with Crippen LogP contribution in [0.15, 0.2) is 43.0 Å². The van der Waals surface area contributed by atoms with Gasteiger partial charge < -0.3 is 4.43 Å². The molecule has 1 aromatic carbocycles. The first-order valence-corrected chi connectivity index (χ1v) is 13.0. The van der Waals surface area contributed by atoms with Gasteiger partial charge in [0.2, 0.25) is 8.32 Å². The van der Waals surface area contributed by atoms with E-state index in [0.717, 1.165) is 30.0 Å². The molecule has 3 heteroatoms. The maximum absolute atomic E-state index is 6.36. The molecule has 0 amide bonds. The zero-order chi connectivity index (χ0) is 21.6. The topological polar surface area (TPSA) is 12.5 Å². The van der Waals surface area contributed by atoms with Crippen molar-refractivity contribution >= 4 is 13.9 Å². The van der Waals surface area contributed by atoms with Crippen LogP contribution in [0.4, 0.5) is 0 Å². The number of hydrogen-bond donors (Lipinski definition) is 0. The summed E-state index contributed by atoms with van der Waals surface area (Å²) in [4.78, 5) is 2.23. The van der Waals surface area contributed by atoms with Crippen LogP contribution in [0.5, 0.6) is 5.75 Å². The zero-order valence-electron chi connectivity index (χ0n) is 19.4. The minimum absolute atomic E-state index is 0.0466. The molecule has 0 aliphatic carbocycles. The molecule has 0 saturated carbocycles. The third-order valence-electron chi connectivity index (χ3n) is 4.97. The quantitative estimate of drug-likeness (QED) is 0.378. The molecule has 1 rings (SSSR count). The monoisotopic (exact) mass is 397 g/mol. The molecular weight excluding hydrogens is 358 g/mol. The average molecular weight is 398 g/mol. The summed E-state index contributed by atoms with van der Waals surface area (Å²) in [5.74, 6) is 7.28. The summed E-state index contributed by atoms with van der Waals surface area (Å²) in [5.41, 5.74) is 2.31. The van der Waals surface area contributed by atoms with Crippen LogP contribution < -0.4 is 4.43 Å². The molecule has 2 nitrogen and oxygen atoms in total. The summed E-state index contributed by atoms with van der Waals surface area (Å²) < 4.78 is 6.36. The largest absolute Gasteiger partial charge is 0.544 e. The Balaban J connectivity index is 2.61. The van der Waals surface area contributed by atoms with Gasteiger partial charge in [-0.25, -0.2) is 0 Å². The van der Waals surface area contributed by atoms with Crippen molar-refractivity contribution in [3.63, 3.8) is 0 Å². The number of rotatable bonds is 7. The number of nitrogens with zero attached hydrogens (tertiary/aromatic N) is 1. The average Bonchev–Trinajstić information content (AvgIpc) is 2.52. The lowest BCUT2D eigenvalue weighted by Crippen LogP contribution is -2.43. The van der Waals surface area contributed by atoms with Crippen molar-refractivity contribution in [2.45, 2.75) is 59.7 Å². The Morgan fingerprint density at radius 2 is 1.68 bits per heavy atom. The molecule has 0 atom stereocenters. The fraction of sp³-hybridized carbons (Fsp3) is 0.520. The van der Waals surface area contributed by atoms with Gasteiger partial charge in [-0.2, -0.15) is 0 Å². The van der Waals surface area contributed by atoms with Crippen molar-refractivity contribution in [3.05, 3.63) is 48.6 Å². The lowest BCUT2D eigenvalue weighted by molar-refractivity contribution is 0.419. The second-order valence-corrected chi connectivity index (χ2v) is 14.8. The van der Waals surface area contributed by atoms with Crippen molar-refractivity contribution in [2.75, 3.05) is 20.1 Å². The van der Waals surface area contributed by atoms with Crippen molar-refractivity contribution in [1.29, 1.82) is 0 Å². The van der Waals surface area contributed by atoms with Crippen molar-refractivity contribution < 1.29 is 4.43 Å². The Labute approximate surface area is 174 Å². The van der Waals surface area contributed by atoms with E-state index in [0.29, 0.717) is 0 Å². The zero-order valence-corrected chi connectivity index (χ0v) is 20.4. The van der Waals surface area contributed by atoms with Crippen LogP contribution in [-0.4, -0.2) is 33.4 Å². The summed E-state index contributed by atoms with van der Waals surface area (Å²) in [6.07, 6.45) is 4.04. The van der Waals surface area contributed by atoms with Gasteiger partial charge in [-0.05, 0) is 75.3 Å². The van der Waals surface area contributed by atoms with Crippen LogP contribution >= 0.6 is 0 Å². The Morgan fingerprint density at radius 1 is 1.11 bits per heavy atom. The standard InChI is InChI=1S/C25H39NOSi/c1-21(20-26(8)19-13-11-12-18-24(2,3)4)22-14-16-23(17-15-22)27-28(9,10)25(5,6)7/h11,13-17H,1,19-20H2,2-10H3. The summed E-state index contributed by atoms with van der Waals surface area (Å²) >= 11 is 0. The molecule has 0 spiro atoms. The summed E-state index contributed by atoms with van der Waals surface area (Å²) in [6.45, 7) is 23.6. The minimum Gasteiger partial charge on any atom is -0.544 e. The van der Waals surface area contributed by atoms with Gasteiger partial charge in [-0.3, -0.25) is 4.90 Å². The molecule has 0 radical (unpaired) electrons. The number of allylic oxidation sites excluding steroid dienone is 1. The molecule has 0 aromatic heterocycles. The molecule has 0 saturated heterocycles. The van der Waals surface area contributed by atoms with Gasteiger partial charge in [0.05, 0.1) is 0 Å². The molecule has 28 heavy (non-hydrogen) atoms. The summed E-state index contributed by atoms with van der Waals surface area (Å²) in [6, 6.07) is 8.37. The van der Waals surface area contributed by atoms with E-state index in [9.17, 15) is 0 Å². The lowest BCUT2D eigenvalue weighted by atomic mass is 9.98. The van der Waals surface area contributed by atoms with Gasteiger partial charge in [-0.15, -0.1) is 0 Å². The second kappa shape index (κ2) is 9.63. The minimum atomic E-state index is -1.80. The fourth-order valence-corrected chi connectivity index (χ4v) is 3.27. The van der Waals surface area contributed by atoms with Gasteiger partial charge in [0, 0.05) is 18.5 Å². The van der Waals surface area contributed by atoms with E-state index in [2.05, 4.69) is 115 Å². The summed E-state index contributed by atoms with van der Waals surface area (Å²) in [7, 11) is 0.299. The molecule has 0 aliphatic heterocycles. The van der Waals surface area contributed by atoms with E-state index in [4.69, 9.17) is 4.43 Å². The van der Waals surface area contributed by atoms with E-state index >= 15 is 0 Å². The van der Waals surface area contributed by atoms with Crippen LogP contribution in [0.2, 0.25) is 18.1 Å². The van der Waals surface area contributed by atoms with Crippen molar-refractivity contribution in [1.82, 2.24) is 4.90 Å². The highest BCUT2D eigenvalue weighted by molar-refractivity contribution is 6.74. The molecule has 0 bridgehead atoms. The fourth-order valence-electron chi connectivity index (χ4n) is 2.24. The highest BCUT2D eigenvalue weighted by Crippen LogP contribution is 2.37. The van der Waals surface area contributed by atoms with E-state index in [1.54, 1.807) is 0 Å². The first kappa shape index (κ1) is 24.3. The van der Waals surface area contributed by atoms with Gasteiger partial charge in [0.15, 0.2) is 0 Å². The molecule has 0 aliphatic rings. The van der Waals surface area contributed by atoms with Gasteiger partial charge in [0.1, 0.15) is 5.75 Å². The lowest BCUT2D eigenvalue weighted by Gasteiger charge is -2.36. The number of likely N-dealkylation sites (N-methyl/N-ethyl adjacent to an activating group) is 1. The third-order valence-corrected chi connectivity index (χ3v) is 9.33. The SMILES string of the molecule is C=C(CN(C)CC=CC#CC(C)(C)C)c1ccc(O[Si](C)(C)C(C)(C)C)cc1.